The topological polar surface area (TPSA) is 33.2 Å². The fourth-order valence-corrected chi connectivity index (χ4v) is 4.52. The third-order valence-corrected chi connectivity index (χ3v) is 6.02. The van der Waals surface area contributed by atoms with Gasteiger partial charge in [-0.3, -0.25) is 9.69 Å². The molecular weight excluding hydrogens is 411 g/mol. The van der Waals surface area contributed by atoms with Gasteiger partial charge in [0, 0.05) is 5.02 Å². The Morgan fingerprint density at radius 1 is 1.04 bits per heavy atom. The number of nitrogens with zero attached hydrogens (tertiary/aromatic N) is 2. The first-order valence-electron chi connectivity index (χ1n) is 8.70. The van der Waals surface area contributed by atoms with E-state index in [1.54, 1.807) is 23.1 Å². The number of anilines is 1. The number of hydrogen-bond donors (Lipinski definition) is 0. The van der Waals surface area contributed by atoms with Gasteiger partial charge in [-0.2, -0.15) is 0 Å². The van der Waals surface area contributed by atoms with Gasteiger partial charge in [-0.1, -0.05) is 77.0 Å². The van der Waals surface area contributed by atoms with Crippen LogP contribution in [-0.2, 0) is 6.54 Å². The minimum atomic E-state index is -0.206. The van der Waals surface area contributed by atoms with Crippen molar-refractivity contribution in [2.24, 2.45) is 0 Å². The quantitative estimate of drug-likeness (QED) is 0.361. The zero-order valence-electron chi connectivity index (χ0n) is 15.0. The lowest BCUT2D eigenvalue weighted by molar-refractivity contribution is 0.0985. The standard InChI is InChI=1S/C22H16Cl2N2OS/c1-14-6-5-9-19-20(14)25-22(28-19)26(13-15-7-3-2-4-8-15)21(27)17-11-10-16(23)12-18(17)24/h2-12H,13H2,1H3. The Morgan fingerprint density at radius 2 is 1.82 bits per heavy atom. The number of fused-ring (bicyclic) bond motifs is 1. The first-order chi connectivity index (χ1) is 13.5. The number of para-hydroxylation sites is 1. The number of hydrogen-bond acceptors (Lipinski definition) is 3. The smallest absolute Gasteiger partial charge is 0.261 e. The lowest BCUT2D eigenvalue weighted by Crippen LogP contribution is -2.30. The van der Waals surface area contributed by atoms with Crippen molar-refractivity contribution in [3.8, 4) is 0 Å². The summed E-state index contributed by atoms with van der Waals surface area (Å²) in [6.07, 6.45) is 0. The first-order valence-corrected chi connectivity index (χ1v) is 10.3. The molecule has 140 valence electrons. The number of aryl methyl sites for hydroxylation is 1. The van der Waals surface area contributed by atoms with Crippen LogP contribution >= 0.6 is 34.5 Å². The molecule has 0 atom stereocenters. The Morgan fingerprint density at radius 3 is 2.54 bits per heavy atom. The summed E-state index contributed by atoms with van der Waals surface area (Å²) in [4.78, 5) is 19.8. The Balaban J connectivity index is 1.80. The molecule has 0 N–H and O–H groups in total. The van der Waals surface area contributed by atoms with E-state index in [-0.39, 0.29) is 5.91 Å². The summed E-state index contributed by atoms with van der Waals surface area (Å²) in [6.45, 7) is 2.42. The van der Waals surface area contributed by atoms with Gasteiger partial charge in [0.2, 0.25) is 0 Å². The van der Waals surface area contributed by atoms with Crippen molar-refractivity contribution >= 4 is 55.8 Å². The summed E-state index contributed by atoms with van der Waals surface area (Å²) in [5.41, 5.74) is 3.40. The summed E-state index contributed by atoms with van der Waals surface area (Å²) in [6, 6.07) is 20.8. The van der Waals surface area contributed by atoms with Crippen molar-refractivity contribution in [3.63, 3.8) is 0 Å². The molecule has 6 heteroatoms. The van der Waals surface area contributed by atoms with Gasteiger partial charge in [0.1, 0.15) is 0 Å². The van der Waals surface area contributed by atoms with E-state index < -0.39 is 0 Å². The largest absolute Gasteiger partial charge is 0.279 e. The van der Waals surface area contributed by atoms with Gasteiger partial charge in [0.05, 0.1) is 27.3 Å². The Hall–Kier alpha value is -2.40. The summed E-state index contributed by atoms with van der Waals surface area (Å²) in [7, 11) is 0. The second kappa shape index (κ2) is 7.92. The molecular formula is C22H16Cl2N2OS. The van der Waals surface area contributed by atoms with Gasteiger partial charge >= 0.3 is 0 Å². The van der Waals surface area contributed by atoms with E-state index in [2.05, 4.69) is 0 Å². The third-order valence-electron chi connectivity index (χ3n) is 4.43. The average molecular weight is 427 g/mol. The van der Waals surface area contributed by atoms with E-state index in [0.717, 1.165) is 21.3 Å². The molecule has 0 saturated heterocycles. The van der Waals surface area contributed by atoms with Gasteiger partial charge in [-0.15, -0.1) is 0 Å². The molecule has 0 radical (unpaired) electrons. The van der Waals surface area contributed by atoms with Crippen molar-refractivity contribution in [2.45, 2.75) is 13.5 Å². The van der Waals surface area contributed by atoms with Crippen molar-refractivity contribution in [1.82, 2.24) is 4.98 Å². The zero-order chi connectivity index (χ0) is 19.7. The number of carbonyl (C=O) groups excluding carboxylic acids is 1. The van der Waals surface area contributed by atoms with E-state index >= 15 is 0 Å². The lowest BCUT2D eigenvalue weighted by atomic mass is 10.1. The number of rotatable bonds is 4. The van der Waals surface area contributed by atoms with Crippen molar-refractivity contribution in [1.29, 1.82) is 0 Å². The van der Waals surface area contributed by atoms with E-state index in [1.165, 1.54) is 11.3 Å². The van der Waals surface area contributed by atoms with Crippen LogP contribution in [0.25, 0.3) is 10.2 Å². The highest BCUT2D eigenvalue weighted by atomic mass is 35.5. The number of aromatic nitrogens is 1. The Bertz CT molecular complexity index is 1160. The molecule has 0 aliphatic heterocycles. The van der Waals surface area contributed by atoms with E-state index in [9.17, 15) is 4.79 Å². The van der Waals surface area contributed by atoms with Crippen LogP contribution in [-0.4, -0.2) is 10.9 Å². The lowest BCUT2D eigenvalue weighted by Gasteiger charge is -2.20. The summed E-state index contributed by atoms with van der Waals surface area (Å²) in [5.74, 6) is -0.206. The van der Waals surface area contributed by atoms with Crippen molar-refractivity contribution in [2.75, 3.05) is 4.90 Å². The molecule has 28 heavy (non-hydrogen) atoms. The number of benzene rings is 3. The molecule has 1 aromatic heterocycles. The second-order valence-corrected chi connectivity index (χ2v) is 8.27. The van der Waals surface area contributed by atoms with E-state index in [4.69, 9.17) is 28.2 Å². The number of carbonyl (C=O) groups is 1. The maximum atomic E-state index is 13.4. The predicted molar refractivity (Wildman–Crippen MR) is 118 cm³/mol. The maximum absolute atomic E-state index is 13.4. The zero-order valence-corrected chi connectivity index (χ0v) is 17.4. The third kappa shape index (κ3) is 3.76. The molecule has 4 aromatic rings. The molecule has 0 aliphatic carbocycles. The van der Waals surface area contributed by atoms with Gasteiger partial charge in [-0.05, 0) is 42.3 Å². The summed E-state index contributed by atoms with van der Waals surface area (Å²) < 4.78 is 1.04. The molecule has 0 spiro atoms. The van der Waals surface area contributed by atoms with Crippen LogP contribution in [0.1, 0.15) is 21.5 Å². The van der Waals surface area contributed by atoms with Crippen LogP contribution in [0.5, 0.6) is 0 Å². The van der Waals surface area contributed by atoms with Crippen molar-refractivity contribution < 1.29 is 4.79 Å². The van der Waals surface area contributed by atoms with E-state index in [1.807, 2.05) is 55.5 Å². The molecule has 0 fully saturated rings. The van der Waals surface area contributed by atoms with E-state index in [0.29, 0.717) is 27.3 Å². The number of amides is 1. The molecule has 0 saturated carbocycles. The normalized spacial score (nSPS) is 11.0. The van der Waals surface area contributed by atoms with Crippen LogP contribution in [0, 0.1) is 6.92 Å². The van der Waals surface area contributed by atoms with Crippen LogP contribution in [0.3, 0.4) is 0 Å². The van der Waals surface area contributed by atoms with Gasteiger partial charge in [0.15, 0.2) is 5.13 Å². The average Bonchev–Trinajstić information content (AvgIpc) is 3.12. The predicted octanol–water partition coefficient (Wildman–Crippen LogP) is 6.76. The molecule has 0 aliphatic rings. The molecule has 0 unspecified atom stereocenters. The van der Waals surface area contributed by atoms with Crippen LogP contribution < -0.4 is 4.90 Å². The van der Waals surface area contributed by atoms with Crippen LogP contribution in [0.15, 0.2) is 66.7 Å². The van der Waals surface area contributed by atoms with Crippen LogP contribution in [0.4, 0.5) is 5.13 Å². The highest BCUT2D eigenvalue weighted by Crippen LogP contribution is 2.33. The number of thiazole rings is 1. The van der Waals surface area contributed by atoms with Gasteiger partial charge in [0.25, 0.3) is 5.91 Å². The molecule has 3 aromatic carbocycles. The SMILES string of the molecule is Cc1cccc2sc(N(Cc3ccccc3)C(=O)c3ccc(Cl)cc3Cl)nc12. The van der Waals surface area contributed by atoms with Gasteiger partial charge < -0.3 is 0 Å². The minimum absolute atomic E-state index is 0.206. The molecule has 1 heterocycles. The molecule has 1 amide bonds. The molecule has 3 nitrogen and oxygen atoms in total. The second-order valence-electron chi connectivity index (χ2n) is 6.42. The highest BCUT2D eigenvalue weighted by Gasteiger charge is 2.24. The minimum Gasteiger partial charge on any atom is -0.279 e. The first kappa shape index (κ1) is 18.9. The van der Waals surface area contributed by atoms with Crippen LogP contribution in [0.2, 0.25) is 10.0 Å². The molecule has 0 bridgehead atoms. The Labute approximate surface area is 177 Å². The number of halogens is 2. The maximum Gasteiger partial charge on any atom is 0.261 e. The van der Waals surface area contributed by atoms with Gasteiger partial charge in [-0.25, -0.2) is 4.98 Å². The fourth-order valence-electron chi connectivity index (χ4n) is 2.99. The van der Waals surface area contributed by atoms with Crippen molar-refractivity contribution in [3.05, 3.63) is 93.5 Å². The fraction of sp³-hybridized carbons (Fsp3) is 0.0909. The highest BCUT2D eigenvalue weighted by molar-refractivity contribution is 7.22. The molecule has 4 rings (SSSR count). The summed E-state index contributed by atoms with van der Waals surface area (Å²) >= 11 is 13.8. The summed E-state index contributed by atoms with van der Waals surface area (Å²) in [5, 5.41) is 1.46. The Kier molecular flexibility index (Phi) is 5.36. The monoisotopic (exact) mass is 426 g/mol.